The standard InChI is InChI=1S/C15H11N3O3/c1-21-15(20)12-6-2-5-11(18-12)13(19)10-8-17-14-9(10)4-3-7-16-14/h2-8H,1H3,(H,16,17). The van der Waals surface area contributed by atoms with Crippen molar-refractivity contribution in [1.29, 1.82) is 0 Å². The number of nitrogens with one attached hydrogen (secondary N) is 1. The van der Waals surface area contributed by atoms with E-state index in [1.165, 1.54) is 13.2 Å². The molecule has 3 aromatic rings. The van der Waals surface area contributed by atoms with Crippen LogP contribution in [0.1, 0.15) is 26.5 Å². The molecule has 0 unspecified atom stereocenters. The molecule has 3 heterocycles. The van der Waals surface area contributed by atoms with Gasteiger partial charge in [-0.15, -0.1) is 0 Å². The number of fused-ring (bicyclic) bond motifs is 1. The monoisotopic (exact) mass is 281 g/mol. The first-order chi connectivity index (χ1) is 10.2. The average molecular weight is 281 g/mol. The smallest absolute Gasteiger partial charge is 0.356 e. The molecule has 0 saturated heterocycles. The van der Waals surface area contributed by atoms with Gasteiger partial charge in [0, 0.05) is 17.8 Å². The van der Waals surface area contributed by atoms with Gasteiger partial charge in [-0.25, -0.2) is 14.8 Å². The highest BCUT2D eigenvalue weighted by atomic mass is 16.5. The van der Waals surface area contributed by atoms with Gasteiger partial charge in [0.2, 0.25) is 5.78 Å². The minimum atomic E-state index is -0.578. The van der Waals surface area contributed by atoms with Crippen LogP contribution in [0.5, 0.6) is 0 Å². The normalized spacial score (nSPS) is 10.5. The summed E-state index contributed by atoms with van der Waals surface area (Å²) in [6.45, 7) is 0. The highest BCUT2D eigenvalue weighted by Crippen LogP contribution is 2.18. The molecule has 104 valence electrons. The lowest BCUT2D eigenvalue weighted by atomic mass is 10.1. The number of aromatic amines is 1. The fourth-order valence-electron chi connectivity index (χ4n) is 2.06. The predicted octanol–water partition coefficient (Wildman–Crippen LogP) is 1.98. The fourth-order valence-corrected chi connectivity index (χ4v) is 2.06. The third-order valence-corrected chi connectivity index (χ3v) is 3.07. The van der Waals surface area contributed by atoms with Gasteiger partial charge in [-0.2, -0.15) is 0 Å². The molecule has 0 aliphatic carbocycles. The molecule has 21 heavy (non-hydrogen) atoms. The SMILES string of the molecule is COC(=O)c1cccc(C(=O)c2c[nH]c3ncccc23)n1. The van der Waals surface area contributed by atoms with E-state index in [0.29, 0.717) is 16.6 Å². The Morgan fingerprint density at radius 3 is 2.76 bits per heavy atom. The van der Waals surface area contributed by atoms with Crippen LogP contribution in [0, 0.1) is 0 Å². The lowest BCUT2D eigenvalue weighted by Crippen LogP contribution is -2.09. The van der Waals surface area contributed by atoms with Crippen LogP contribution in [-0.2, 0) is 4.74 Å². The van der Waals surface area contributed by atoms with E-state index in [2.05, 4.69) is 19.7 Å². The molecule has 0 amide bonds. The van der Waals surface area contributed by atoms with Crippen LogP contribution < -0.4 is 0 Å². The molecular formula is C15H11N3O3. The summed E-state index contributed by atoms with van der Waals surface area (Å²) < 4.78 is 4.60. The van der Waals surface area contributed by atoms with Crippen molar-refractivity contribution in [2.45, 2.75) is 0 Å². The van der Waals surface area contributed by atoms with Crippen LogP contribution in [0.4, 0.5) is 0 Å². The van der Waals surface area contributed by atoms with Crippen molar-refractivity contribution in [2.75, 3.05) is 7.11 Å². The molecule has 6 heteroatoms. The summed E-state index contributed by atoms with van der Waals surface area (Å²) in [5.74, 6) is -0.856. The van der Waals surface area contributed by atoms with E-state index in [1.54, 1.807) is 36.7 Å². The second-order valence-corrected chi connectivity index (χ2v) is 4.33. The van der Waals surface area contributed by atoms with Gasteiger partial charge in [-0.05, 0) is 24.3 Å². The first kappa shape index (κ1) is 13.0. The van der Waals surface area contributed by atoms with Gasteiger partial charge in [0.15, 0.2) is 0 Å². The van der Waals surface area contributed by atoms with Crippen molar-refractivity contribution >= 4 is 22.8 Å². The Morgan fingerprint density at radius 1 is 1.14 bits per heavy atom. The van der Waals surface area contributed by atoms with E-state index in [4.69, 9.17) is 0 Å². The summed E-state index contributed by atoms with van der Waals surface area (Å²) in [6.07, 6.45) is 3.23. The minimum absolute atomic E-state index is 0.0984. The van der Waals surface area contributed by atoms with Crippen LogP contribution in [0.25, 0.3) is 11.0 Å². The second-order valence-electron chi connectivity index (χ2n) is 4.33. The lowest BCUT2D eigenvalue weighted by molar-refractivity contribution is 0.0594. The fraction of sp³-hybridized carbons (Fsp3) is 0.0667. The Hall–Kier alpha value is -3.02. The van der Waals surface area contributed by atoms with E-state index in [1.807, 2.05) is 0 Å². The molecule has 0 saturated carbocycles. The van der Waals surface area contributed by atoms with Crippen molar-refractivity contribution in [3.8, 4) is 0 Å². The van der Waals surface area contributed by atoms with Crippen LogP contribution >= 0.6 is 0 Å². The number of carbonyl (C=O) groups excluding carboxylic acids is 2. The number of pyridine rings is 2. The number of ether oxygens (including phenoxy) is 1. The number of ketones is 1. The van der Waals surface area contributed by atoms with Crippen LogP contribution in [0.15, 0.2) is 42.7 Å². The van der Waals surface area contributed by atoms with E-state index in [9.17, 15) is 9.59 Å². The molecular weight excluding hydrogens is 270 g/mol. The van der Waals surface area contributed by atoms with E-state index in [0.717, 1.165) is 0 Å². The molecule has 0 bridgehead atoms. The number of aromatic nitrogens is 3. The van der Waals surface area contributed by atoms with E-state index >= 15 is 0 Å². The molecule has 0 radical (unpaired) electrons. The third-order valence-electron chi connectivity index (χ3n) is 3.07. The molecule has 3 rings (SSSR count). The Labute approximate surface area is 119 Å². The highest BCUT2D eigenvalue weighted by molar-refractivity contribution is 6.15. The molecule has 0 fully saturated rings. The Bertz CT molecular complexity index is 839. The predicted molar refractivity (Wildman–Crippen MR) is 75.1 cm³/mol. The van der Waals surface area contributed by atoms with Crippen molar-refractivity contribution in [1.82, 2.24) is 15.0 Å². The summed E-state index contributed by atoms with van der Waals surface area (Å²) in [6, 6.07) is 8.21. The molecule has 3 aromatic heterocycles. The maximum atomic E-state index is 12.5. The number of carbonyl (C=O) groups is 2. The number of nitrogens with zero attached hydrogens (tertiary/aromatic N) is 2. The maximum Gasteiger partial charge on any atom is 0.356 e. The van der Waals surface area contributed by atoms with Gasteiger partial charge in [0.05, 0.1) is 12.7 Å². The Morgan fingerprint density at radius 2 is 1.95 bits per heavy atom. The number of methoxy groups -OCH3 is 1. The minimum Gasteiger partial charge on any atom is -0.464 e. The van der Waals surface area contributed by atoms with Gasteiger partial charge >= 0.3 is 5.97 Å². The molecule has 0 atom stereocenters. The number of esters is 1. The first-order valence-corrected chi connectivity index (χ1v) is 6.23. The van der Waals surface area contributed by atoms with Gasteiger partial charge in [-0.3, -0.25) is 4.79 Å². The number of hydrogen-bond donors (Lipinski definition) is 1. The van der Waals surface area contributed by atoms with Crippen molar-refractivity contribution in [3.05, 3.63) is 59.7 Å². The summed E-state index contributed by atoms with van der Waals surface area (Å²) >= 11 is 0. The van der Waals surface area contributed by atoms with Crippen molar-refractivity contribution < 1.29 is 14.3 Å². The first-order valence-electron chi connectivity index (χ1n) is 6.23. The zero-order valence-electron chi connectivity index (χ0n) is 11.2. The Kier molecular flexibility index (Phi) is 3.19. The highest BCUT2D eigenvalue weighted by Gasteiger charge is 2.17. The van der Waals surface area contributed by atoms with Crippen LogP contribution in [0.3, 0.4) is 0 Å². The summed E-state index contributed by atoms with van der Waals surface area (Å²) in [5.41, 5.74) is 1.38. The van der Waals surface area contributed by atoms with Gasteiger partial charge in [0.25, 0.3) is 0 Å². The van der Waals surface area contributed by atoms with Crippen LogP contribution in [0.2, 0.25) is 0 Å². The molecule has 6 nitrogen and oxygen atoms in total. The third kappa shape index (κ3) is 2.27. The summed E-state index contributed by atoms with van der Waals surface area (Å²) in [7, 11) is 1.27. The number of H-pyrrole nitrogens is 1. The van der Waals surface area contributed by atoms with Gasteiger partial charge < -0.3 is 9.72 Å². The summed E-state index contributed by atoms with van der Waals surface area (Å²) in [4.78, 5) is 35.1. The van der Waals surface area contributed by atoms with E-state index < -0.39 is 5.97 Å². The lowest BCUT2D eigenvalue weighted by Gasteiger charge is -2.02. The van der Waals surface area contributed by atoms with Crippen molar-refractivity contribution in [2.24, 2.45) is 0 Å². The van der Waals surface area contributed by atoms with Gasteiger partial charge in [-0.1, -0.05) is 6.07 Å². The second kappa shape index (κ2) is 5.16. The zero-order valence-corrected chi connectivity index (χ0v) is 11.2. The molecule has 0 spiro atoms. The quantitative estimate of drug-likeness (QED) is 0.586. The van der Waals surface area contributed by atoms with Gasteiger partial charge in [0.1, 0.15) is 17.0 Å². The topological polar surface area (TPSA) is 84.9 Å². The molecule has 0 aliphatic heterocycles. The number of hydrogen-bond acceptors (Lipinski definition) is 5. The largest absolute Gasteiger partial charge is 0.464 e. The Balaban J connectivity index is 2.04. The number of rotatable bonds is 3. The maximum absolute atomic E-state index is 12.5. The summed E-state index contributed by atoms with van der Waals surface area (Å²) in [5, 5.41) is 0.716. The molecule has 0 aromatic carbocycles. The van der Waals surface area contributed by atoms with Crippen molar-refractivity contribution in [3.63, 3.8) is 0 Å². The average Bonchev–Trinajstić information content (AvgIpc) is 2.97. The zero-order chi connectivity index (χ0) is 14.8. The van der Waals surface area contributed by atoms with Crippen LogP contribution in [-0.4, -0.2) is 33.8 Å². The molecule has 0 aliphatic rings. The molecule has 1 N–H and O–H groups in total. The van der Waals surface area contributed by atoms with E-state index in [-0.39, 0.29) is 17.2 Å².